The monoisotopic (exact) mass is 249 g/mol. The number of methoxy groups -OCH3 is 2. The lowest BCUT2D eigenvalue weighted by atomic mass is 9.78. The summed E-state index contributed by atoms with van der Waals surface area (Å²) in [5.41, 5.74) is 7.68. The van der Waals surface area contributed by atoms with Crippen molar-refractivity contribution >= 4 is 0 Å². The molecule has 0 saturated heterocycles. The second-order valence-electron chi connectivity index (χ2n) is 5.29. The molecule has 1 aliphatic rings. The quantitative estimate of drug-likeness (QED) is 0.892. The van der Waals surface area contributed by atoms with Gasteiger partial charge < -0.3 is 15.2 Å². The number of benzene rings is 1. The van der Waals surface area contributed by atoms with Gasteiger partial charge in [0.15, 0.2) is 11.5 Å². The van der Waals surface area contributed by atoms with Crippen LogP contribution in [0.1, 0.15) is 37.7 Å². The third kappa shape index (κ3) is 2.96. The second-order valence-corrected chi connectivity index (χ2v) is 5.29. The van der Waals surface area contributed by atoms with Crippen molar-refractivity contribution in [3.05, 3.63) is 23.8 Å². The number of hydrogen-bond acceptors (Lipinski definition) is 3. The van der Waals surface area contributed by atoms with Crippen molar-refractivity contribution in [2.24, 2.45) is 5.73 Å². The van der Waals surface area contributed by atoms with Crippen LogP contribution in [0.3, 0.4) is 0 Å². The van der Waals surface area contributed by atoms with Crippen LogP contribution in [0, 0.1) is 0 Å². The van der Waals surface area contributed by atoms with E-state index >= 15 is 0 Å². The standard InChI is InChI=1S/C15H23NO2/c1-17-13-7-6-12(10-14(13)18-2)11-15(16)8-4-3-5-9-15/h6-7,10H,3-5,8-9,11,16H2,1-2H3. The Balaban J connectivity index is 2.13. The molecule has 1 aromatic rings. The van der Waals surface area contributed by atoms with Gasteiger partial charge in [0, 0.05) is 5.54 Å². The summed E-state index contributed by atoms with van der Waals surface area (Å²) in [6.45, 7) is 0. The number of nitrogens with two attached hydrogens (primary N) is 1. The van der Waals surface area contributed by atoms with Crippen molar-refractivity contribution in [1.82, 2.24) is 0 Å². The van der Waals surface area contributed by atoms with Crippen LogP contribution in [-0.4, -0.2) is 19.8 Å². The topological polar surface area (TPSA) is 44.5 Å². The summed E-state index contributed by atoms with van der Waals surface area (Å²) >= 11 is 0. The van der Waals surface area contributed by atoms with E-state index < -0.39 is 0 Å². The molecule has 100 valence electrons. The van der Waals surface area contributed by atoms with Gasteiger partial charge in [0.2, 0.25) is 0 Å². The van der Waals surface area contributed by atoms with Crippen LogP contribution in [0.25, 0.3) is 0 Å². The lowest BCUT2D eigenvalue weighted by Crippen LogP contribution is -2.43. The Bertz CT molecular complexity index is 397. The van der Waals surface area contributed by atoms with E-state index in [1.54, 1.807) is 14.2 Å². The summed E-state index contributed by atoms with van der Waals surface area (Å²) in [6, 6.07) is 6.09. The van der Waals surface area contributed by atoms with Gasteiger partial charge in [0.05, 0.1) is 14.2 Å². The fraction of sp³-hybridized carbons (Fsp3) is 0.600. The Hall–Kier alpha value is -1.22. The molecule has 3 nitrogen and oxygen atoms in total. The molecule has 0 atom stereocenters. The largest absolute Gasteiger partial charge is 0.493 e. The summed E-state index contributed by atoms with van der Waals surface area (Å²) in [4.78, 5) is 0. The van der Waals surface area contributed by atoms with E-state index in [0.717, 1.165) is 30.8 Å². The van der Waals surface area contributed by atoms with E-state index in [1.807, 2.05) is 12.1 Å². The zero-order valence-corrected chi connectivity index (χ0v) is 11.4. The molecule has 1 fully saturated rings. The molecule has 0 spiro atoms. The van der Waals surface area contributed by atoms with Gasteiger partial charge in [0.1, 0.15) is 0 Å². The highest BCUT2D eigenvalue weighted by molar-refractivity contribution is 5.43. The van der Waals surface area contributed by atoms with Crippen molar-refractivity contribution < 1.29 is 9.47 Å². The fourth-order valence-corrected chi connectivity index (χ4v) is 2.83. The van der Waals surface area contributed by atoms with Gasteiger partial charge in [-0.1, -0.05) is 25.3 Å². The molecule has 18 heavy (non-hydrogen) atoms. The van der Waals surface area contributed by atoms with E-state index in [4.69, 9.17) is 15.2 Å². The van der Waals surface area contributed by atoms with E-state index in [2.05, 4.69) is 6.07 Å². The molecule has 0 amide bonds. The van der Waals surface area contributed by atoms with Crippen LogP contribution in [0.4, 0.5) is 0 Å². The van der Waals surface area contributed by atoms with Gasteiger partial charge >= 0.3 is 0 Å². The average Bonchev–Trinajstić information content (AvgIpc) is 2.39. The molecule has 2 rings (SSSR count). The molecule has 1 saturated carbocycles. The number of rotatable bonds is 4. The maximum atomic E-state index is 6.48. The minimum atomic E-state index is -0.0299. The zero-order chi connectivity index (χ0) is 13.0. The average molecular weight is 249 g/mol. The zero-order valence-electron chi connectivity index (χ0n) is 11.4. The highest BCUT2D eigenvalue weighted by atomic mass is 16.5. The Labute approximate surface area is 109 Å². The third-order valence-corrected chi connectivity index (χ3v) is 3.85. The predicted molar refractivity (Wildman–Crippen MR) is 73.3 cm³/mol. The first-order valence-electron chi connectivity index (χ1n) is 6.67. The Kier molecular flexibility index (Phi) is 4.12. The highest BCUT2D eigenvalue weighted by Crippen LogP contribution is 2.32. The molecule has 0 heterocycles. The van der Waals surface area contributed by atoms with Crippen molar-refractivity contribution in [2.45, 2.75) is 44.1 Å². The van der Waals surface area contributed by atoms with Gasteiger partial charge in [-0.2, -0.15) is 0 Å². The van der Waals surface area contributed by atoms with Gasteiger partial charge in [-0.05, 0) is 37.0 Å². The molecule has 0 unspecified atom stereocenters. The SMILES string of the molecule is COc1ccc(CC2(N)CCCCC2)cc1OC. The first-order valence-corrected chi connectivity index (χ1v) is 6.67. The van der Waals surface area contributed by atoms with Crippen LogP contribution in [0.5, 0.6) is 11.5 Å². The molecule has 2 N–H and O–H groups in total. The van der Waals surface area contributed by atoms with Crippen molar-refractivity contribution in [3.63, 3.8) is 0 Å². The molecule has 0 aliphatic heterocycles. The normalized spacial score (nSPS) is 18.4. The van der Waals surface area contributed by atoms with Gasteiger partial charge in [-0.15, -0.1) is 0 Å². The molecule has 0 radical (unpaired) electrons. The molecule has 1 aliphatic carbocycles. The van der Waals surface area contributed by atoms with Gasteiger partial charge in [0.25, 0.3) is 0 Å². The lowest BCUT2D eigenvalue weighted by molar-refractivity contribution is 0.293. The van der Waals surface area contributed by atoms with E-state index in [9.17, 15) is 0 Å². The van der Waals surface area contributed by atoms with Gasteiger partial charge in [-0.3, -0.25) is 0 Å². The van der Waals surface area contributed by atoms with Crippen LogP contribution < -0.4 is 15.2 Å². The minimum Gasteiger partial charge on any atom is -0.493 e. The molecular weight excluding hydrogens is 226 g/mol. The molecule has 0 bridgehead atoms. The van der Waals surface area contributed by atoms with Gasteiger partial charge in [-0.25, -0.2) is 0 Å². The first kappa shape index (κ1) is 13.2. The second kappa shape index (κ2) is 5.61. The lowest BCUT2D eigenvalue weighted by Gasteiger charge is -2.33. The van der Waals surface area contributed by atoms with Crippen molar-refractivity contribution in [3.8, 4) is 11.5 Å². The molecular formula is C15H23NO2. The number of hydrogen-bond donors (Lipinski definition) is 1. The Morgan fingerprint density at radius 1 is 1.06 bits per heavy atom. The fourth-order valence-electron chi connectivity index (χ4n) is 2.83. The minimum absolute atomic E-state index is 0.0299. The number of ether oxygens (including phenoxy) is 2. The summed E-state index contributed by atoms with van der Waals surface area (Å²) in [7, 11) is 3.32. The van der Waals surface area contributed by atoms with Crippen LogP contribution >= 0.6 is 0 Å². The summed E-state index contributed by atoms with van der Waals surface area (Å²) in [5, 5.41) is 0. The van der Waals surface area contributed by atoms with Crippen LogP contribution in [-0.2, 0) is 6.42 Å². The van der Waals surface area contributed by atoms with E-state index in [-0.39, 0.29) is 5.54 Å². The summed E-state index contributed by atoms with van der Waals surface area (Å²) < 4.78 is 10.6. The van der Waals surface area contributed by atoms with Crippen LogP contribution in [0.15, 0.2) is 18.2 Å². The molecule has 0 aromatic heterocycles. The smallest absolute Gasteiger partial charge is 0.160 e. The summed E-state index contributed by atoms with van der Waals surface area (Å²) in [6.07, 6.45) is 7.01. The molecule has 1 aromatic carbocycles. The predicted octanol–water partition coefficient (Wildman–Crippen LogP) is 2.91. The maximum absolute atomic E-state index is 6.48. The van der Waals surface area contributed by atoms with Crippen molar-refractivity contribution in [2.75, 3.05) is 14.2 Å². The molecule has 3 heteroatoms. The van der Waals surface area contributed by atoms with Crippen LogP contribution in [0.2, 0.25) is 0 Å². The van der Waals surface area contributed by atoms with E-state index in [1.165, 1.54) is 24.8 Å². The van der Waals surface area contributed by atoms with E-state index in [0.29, 0.717) is 0 Å². The Morgan fingerprint density at radius 3 is 2.33 bits per heavy atom. The highest BCUT2D eigenvalue weighted by Gasteiger charge is 2.27. The maximum Gasteiger partial charge on any atom is 0.160 e. The Morgan fingerprint density at radius 2 is 1.72 bits per heavy atom. The third-order valence-electron chi connectivity index (χ3n) is 3.85. The van der Waals surface area contributed by atoms with Crippen molar-refractivity contribution in [1.29, 1.82) is 0 Å². The first-order chi connectivity index (χ1) is 8.67. The summed E-state index contributed by atoms with van der Waals surface area (Å²) in [5.74, 6) is 1.56.